The molecule has 0 saturated heterocycles. The monoisotopic (exact) mass is 306 g/mol. The Morgan fingerprint density at radius 2 is 1.52 bits per heavy atom. The molecule has 0 saturated carbocycles. The zero-order valence-electron chi connectivity index (χ0n) is 13.9. The lowest BCUT2D eigenvalue weighted by Gasteiger charge is -2.28. The SMILES string of the molecule is CC.CCN1Cc2ccccc2-c2n[nH]nc2-c2ccccc21. The molecule has 1 N–H and O–H groups in total. The number of aromatic amines is 1. The van der Waals surface area contributed by atoms with Gasteiger partial charge in [0.2, 0.25) is 0 Å². The van der Waals surface area contributed by atoms with Gasteiger partial charge in [-0.3, -0.25) is 0 Å². The van der Waals surface area contributed by atoms with E-state index in [1.807, 2.05) is 13.8 Å². The number of nitrogens with one attached hydrogen (secondary N) is 1. The third-order valence-electron chi connectivity index (χ3n) is 4.06. The summed E-state index contributed by atoms with van der Waals surface area (Å²) in [5.41, 5.74) is 6.66. The predicted octanol–water partition coefficient (Wildman–Crippen LogP) is 4.50. The van der Waals surface area contributed by atoms with Gasteiger partial charge in [0.25, 0.3) is 0 Å². The molecule has 118 valence electrons. The molecule has 1 aromatic heterocycles. The minimum atomic E-state index is 0.885. The molecule has 2 heterocycles. The Morgan fingerprint density at radius 1 is 0.913 bits per heavy atom. The number of hydrogen-bond donors (Lipinski definition) is 1. The molecule has 3 aromatic rings. The Hall–Kier alpha value is -2.62. The van der Waals surface area contributed by atoms with Gasteiger partial charge in [0.15, 0.2) is 0 Å². The minimum absolute atomic E-state index is 0.885. The highest BCUT2D eigenvalue weighted by molar-refractivity contribution is 5.87. The number of nitrogens with zero attached hydrogens (tertiary/aromatic N) is 3. The third kappa shape index (κ3) is 2.61. The van der Waals surface area contributed by atoms with Gasteiger partial charge in [0, 0.05) is 29.9 Å². The van der Waals surface area contributed by atoms with Crippen molar-refractivity contribution < 1.29 is 0 Å². The standard InChI is InChI=1S/C17H16N4.C2H6/c1-2-21-11-12-7-3-4-8-13(12)16-17(19-20-18-16)14-9-5-6-10-15(14)21;1-2/h3-10H,2,11H2,1H3,(H,18,19,20);1-2H3. The summed E-state index contributed by atoms with van der Waals surface area (Å²) < 4.78 is 0. The Balaban J connectivity index is 0.000000753. The quantitative estimate of drug-likeness (QED) is 0.719. The topological polar surface area (TPSA) is 44.8 Å². The summed E-state index contributed by atoms with van der Waals surface area (Å²) in [6, 6.07) is 16.8. The molecule has 0 amide bonds. The number of para-hydroxylation sites is 1. The maximum absolute atomic E-state index is 4.40. The van der Waals surface area contributed by atoms with Gasteiger partial charge in [-0.05, 0) is 18.6 Å². The van der Waals surface area contributed by atoms with Crippen LogP contribution in [-0.2, 0) is 6.54 Å². The van der Waals surface area contributed by atoms with Crippen molar-refractivity contribution >= 4 is 5.69 Å². The molecule has 0 radical (unpaired) electrons. The second-order valence-corrected chi connectivity index (χ2v) is 5.21. The number of anilines is 1. The van der Waals surface area contributed by atoms with Crippen LogP contribution in [0.25, 0.3) is 22.5 Å². The summed E-state index contributed by atoms with van der Waals surface area (Å²) in [5.74, 6) is 0. The van der Waals surface area contributed by atoms with E-state index in [0.717, 1.165) is 35.6 Å². The van der Waals surface area contributed by atoms with E-state index in [1.165, 1.54) is 11.3 Å². The van der Waals surface area contributed by atoms with Crippen molar-refractivity contribution in [2.24, 2.45) is 0 Å². The van der Waals surface area contributed by atoms with E-state index in [-0.39, 0.29) is 0 Å². The normalized spacial score (nSPS) is 12.0. The summed E-state index contributed by atoms with van der Waals surface area (Å²) in [4.78, 5) is 2.38. The molecule has 0 unspecified atom stereocenters. The van der Waals surface area contributed by atoms with Gasteiger partial charge in [-0.1, -0.05) is 56.3 Å². The molecule has 1 aliphatic heterocycles. The highest BCUT2D eigenvalue weighted by Crippen LogP contribution is 2.39. The lowest BCUT2D eigenvalue weighted by Crippen LogP contribution is -2.24. The highest BCUT2D eigenvalue weighted by atomic mass is 15.3. The van der Waals surface area contributed by atoms with Gasteiger partial charge in [-0.25, -0.2) is 0 Å². The first-order valence-corrected chi connectivity index (χ1v) is 8.22. The average molecular weight is 306 g/mol. The molecule has 0 atom stereocenters. The van der Waals surface area contributed by atoms with Crippen molar-refractivity contribution in [3.63, 3.8) is 0 Å². The molecule has 4 nitrogen and oxygen atoms in total. The molecule has 0 aliphatic carbocycles. The summed E-state index contributed by atoms with van der Waals surface area (Å²) in [7, 11) is 0. The zero-order valence-corrected chi connectivity index (χ0v) is 13.9. The van der Waals surface area contributed by atoms with E-state index in [0.29, 0.717) is 0 Å². The number of aromatic nitrogens is 3. The second kappa shape index (κ2) is 6.65. The summed E-state index contributed by atoms with van der Waals surface area (Å²) >= 11 is 0. The van der Waals surface area contributed by atoms with Crippen molar-refractivity contribution in [2.75, 3.05) is 11.4 Å². The summed E-state index contributed by atoms with van der Waals surface area (Å²) in [6.07, 6.45) is 0. The molecule has 0 bridgehead atoms. The molecule has 1 aliphatic rings. The van der Waals surface area contributed by atoms with Crippen LogP contribution < -0.4 is 4.90 Å². The van der Waals surface area contributed by atoms with Crippen LogP contribution in [0.3, 0.4) is 0 Å². The lowest BCUT2D eigenvalue weighted by atomic mass is 9.96. The first kappa shape index (κ1) is 15.3. The van der Waals surface area contributed by atoms with Crippen LogP contribution in [0, 0.1) is 0 Å². The number of hydrogen-bond acceptors (Lipinski definition) is 3. The number of H-pyrrole nitrogens is 1. The molecule has 0 spiro atoms. The number of rotatable bonds is 1. The van der Waals surface area contributed by atoms with Crippen molar-refractivity contribution in [3.8, 4) is 22.5 Å². The maximum atomic E-state index is 4.40. The Labute approximate surface area is 137 Å². The third-order valence-corrected chi connectivity index (χ3v) is 4.06. The summed E-state index contributed by atoms with van der Waals surface area (Å²) in [6.45, 7) is 8.03. The molecule has 4 heteroatoms. The minimum Gasteiger partial charge on any atom is -0.367 e. The van der Waals surface area contributed by atoms with Gasteiger partial charge in [-0.2, -0.15) is 15.4 Å². The molecular weight excluding hydrogens is 284 g/mol. The van der Waals surface area contributed by atoms with Crippen LogP contribution in [0.15, 0.2) is 48.5 Å². The van der Waals surface area contributed by atoms with Crippen molar-refractivity contribution in [1.82, 2.24) is 15.4 Å². The number of benzene rings is 2. The second-order valence-electron chi connectivity index (χ2n) is 5.21. The van der Waals surface area contributed by atoms with Crippen molar-refractivity contribution in [3.05, 3.63) is 54.1 Å². The molecule has 0 fully saturated rings. The van der Waals surface area contributed by atoms with Crippen LogP contribution in [0.5, 0.6) is 0 Å². The molecule has 4 rings (SSSR count). The highest BCUT2D eigenvalue weighted by Gasteiger charge is 2.23. The molecule has 2 aromatic carbocycles. The van der Waals surface area contributed by atoms with E-state index in [2.05, 4.69) is 75.8 Å². The average Bonchev–Trinajstić information content (AvgIpc) is 3.09. The molecule has 23 heavy (non-hydrogen) atoms. The first-order chi connectivity index (χ1) is 11.4. The van der Waals surface area contributed by atoms with E-state index in [9.17, 15) is 0 Å². The van der Waals surface area contributed by atoms with Crippen LogP contribution in [0.2, 0.25) is 0 Å². The van der Waals surface area contributed by atoms with Gasteiger partial charge >= 0.3 is 0 Å². The lowest BCUT2D eigenvalue weighted by molar-refractivity contribution is 0.832. The van der Waals surface area contributed by atoms with Crippen LogP contribution >= 0.6 is 0 Å². The largest absolute Gasteiger partial charge is 0.367 e. The van der Waals surface area contributed by atoms with Gasteiger partial charge in [0.05, 0.1) is 0 Å². The van der Waals surface area contributed by atoms with Crippen molar-refractivity contribution in [1.29, 1.82) is 0 Å². The van der Waals surface area contributed by atoms with Crippen LogP contribution in [0.1, 0.15) is 26.3 Å². The van der Waals surface area contributed by atoms with Gasteiger partial charge in [0.1, 0.15) is 11.4 Å². The predicted molar refractivity (Wildman–Crippen MR) is 95.3 cm³/mol. The maximum Gasteiger partial charge on any atom is 0.122 e. The Morgan fingerprint density at radius 3 is 2.26 bits per heavy atom. The number of fused-ring (bicyclic) bond motifs is 5. The Kier molecular flexibility index (Phi) is 4.42. The van der Waals surface area contributed by atoms with Crippen molar-refractivity contribution in [2.45, 2.75) is 27.3 Å². The van der Waals surface area contributed by atoms with E-state index in [4.69, 9.17) is 0 Å². The van der Waals surface area contributed by atoms with Crippen LogP contribution in [-0.4, -0.2) is 22.0 Å². The molecular formula is C19H22N4. The van der Waals surface area contributed by atoms with Crippen LogP contribution in [0.4, 0.5) is 5.69 Å². The fourth-order valence-corrected chi connectivity index (χ4v) is 3.02. The van der Waals surface area contributed by atoms with E-state index >= 15 is 0 Å². The van der Waals surface area contributed by atoms with Gasteiger partial charge in [-0.15, -0.1) is 0 Å². The fraction of sp³-hybridized carbons (Fsp3) is 0.263. The Bertz CT molecular complexity index is 791. The smallest absolute Gasteiger partial charge is 0.122 e. The summed E-state index contributed by atoms with van der Waals surface area (Å²) in [5, 5.41) is 11.6. The fourth-order valence-electron chi connectivity index (χ4n) is 3.02. The first-order valence-electron chi connectivity index (χ1n) is 8.22. The zero-order chi connectivity index (χ0) is 16.2. The van der Waals surface area contributed by atoms with E-state index in [1.54, 1.807) is 0 Å². The van der Waals surface area contributed by atoms with Gasteiger partial charge < -0.3 is 4.90 Å². The van der Waals surface area contributed by atoms with E-state index < -0.39 is 0 Å².